The third kappa shape index (κ3) is 4.43. The van der Waals surface area contributed by atoms with Gasteiger partial charge in [-0.25, -0.2) is 0 Å². The Bertz CT molecular complexity index is 104. The molecule has 0 heterocycles. The SMILES string of the molecule is CC[PH](O)(O)C(C)=O.[NaH]. The van der Waals surface area contributed by atoms with Gasteiger partial charge in [0.1, 0.15) is 0 Å². The minimum absolute atomic E-state index is 0. The molecule has 52 valence electrons. The van der Waals surface area contributed by atoms with Gasteiger partial charge in [-0.3, -0.25) is 0 Å². The predicted molar refractivity (Wildman–Crippen MR) is 41.1 cm³/mol. The van der Waals surface area contributed by atoms with Gasteiger partial charge < -0.3 is 0 Å². The van der Waals surface area contributed by atoms with E-state index in [1.807, 2.05) is 0 Å². The van der Waals surface area contributed by atoms with Crippen molar-refractivity contribution in [3.63, 3.8) is 0 Å². The zero-order valence-electron chi connectivity index (χ0n) is 5.01. The van der Waals surface area contributed by atoms with Crippen molar-refractivity contribution in [2.24, 2.45) is 0 Å². The zero-order chi connectivity index (χ0) is 6.78. The summed E-state index contributed by atoms with van der Waals surface area (Å²) < 4.78 is 0. The standard InChI is InChI=1S/C4H11O3P.Na.H/c1-3-8(6,7)4(2)5;;/h6-8H,3H2,1-2H3;;. The Morgan fingerprint density at radius 2 is 1.89 bits per heavy atom. The van der Waals surface area contributed by atoms with Gasteiger partial charge in [-0.15, -0.1) is 0 Å². The van der Waals surface area contributed by atoms with Crippen LogP contribution in [0.2, 0.25) is 0 Å². The monoisotopic (exact) mass is 162 g/mol. The summed E-state index contributed by atoms with van der Waals surface area (Å²) in [7, 11) is -3.39. The van der Waals surface area contributed by atoms with Crippen molar-refractivity contribution in [2.75, 3.05) is 6.16 Å². The third-order valence-electron chi connectivity index (χ3n) is 1.06. The average Bonchev–Trinajstić information content (AvgIpc) is 1.67. The van der Waals surface area contributed by atoms with Crippen LogP contribution in [-0.2, 0) is 4.79 Å². The van der Waals surface area contributed by atoms with Gasteiger partial charge in [-0.05, 0) is 0 Å². The molecule has 0 aromatic heterocycles. The molecule has 0 radical (unpaired) electrons. The van der Waals surface area contributed by atoms with Crippen molar-refractivity contribution in [1.29, 1.82) is 0 Å². The van der Waals surface area contributed by atoms with Crippen LogP contribution in [0, 0.1) is 0 Å². The Balaban J connectivity index is 0. The molecule has 0 fully saturated rings. The van der Waals surface area contributed by atoms with Gasteiger partial charge in [-0.2, -0.15) is 0 Å². The summed E-state index contributed by atoms with van der Waals surface area (Å²) in [6, 6.07) is 0. The van der Waals surface area contributed by atoms with Crippen LogP contribution < -0.4 is 0 Å². The van der Waals surface area contributed by atoms with Crippen molar-refractivity contribution in [3.8, 4) is 0 Å². The second kappa shape index (κ2) is 4.78. The molecule has 9 heavy (non-hydrogen) atoms. The van der Waals surface area contributed by atoms with Gasteiger partial charge in [-0.1, -0.05) is 0 Å². The summed E-state index contributed by atoms with van der Waals surface area (Å²) in [5.41, 5.74) is -0.472. The molecule has 0 aliphatic carbocycles. The molecular formula is C4H12NaO3P. The fourth-order valence-electron chi connectivity index (χ4n) is 0.249. The maximum absolute atomic E-state index is 10.3. The van der Waals surface area contributed by atoms with E-state index < -0.39 is 13.2 Å². The zero-order valence-corrected chi connectivity index (χ0v) is 6.01. The second-order valence-electron chi connectivity index (χ2n) is 1.73. The first kappa shape index (κ1) is 12.7. The molecule has 0 saturated carbocycles. The second-order valence-corrected chi connectivity index (χ2v) is 4.77. The van der Waals surface area contributed by atoms with Gasteiger partial charge in [0.25, 0.3) is 0 Å². The molecule has 0 aromatic carbocycles. The Morgan fingerprint density at radius 3 is 1.89 bits per heavy atom. The molecular weight excluding hydrogens is 150 g/mol. The summed E-state index contributed by atoms with van der Waals surface area (Å²) in [5, 5.41) is 0. The first-order chi connectivity index (χ1) is 3.50. The molecule has 0 spiro atoms. The van der Waals surface area contributed by atoms with Crippen LogP contribution in [0.25, 0.3) is 0 Å². The van der Waals surface area contributed by atoms with E-state index >= 15 is 0 Å². The van der Waals surface area contributed by atoms with Crippen LogP contribution in [0.3, 0.4) is 0 Å². The third-order valence-corrected chi connectivity index (χ3v) is 3.17. The summed E-state index contributed by atoms with van der Waals surface area (Å²) in [6.45, 7) is 2.79. The van der Waals surface area contributed by atoms with E-state index in [9.17, 15) is 4.79 Å². The Kier molecular flexibility index (Phi) is 6.73. The molecule has 0 aliphatic heterocycles. The van der Waals surface area contributed by atoms with Crippen molar-refractivity contribution < 1.29 is 14.6 Å². The predicted octanol–water partition coefficient (Wildman–Crippen LogP) is -0.531. The van der Waals surface area contributed by atoms with Gasteiger partial charge in [0.2, 0.25) is 0 Å². The Morgan fingerprint density at radius 1 is 1.56 bits per heavy atom. The molecule has 0 saturated heterocycles. The molecule has 3 nitrogen and oxygen atoms in total. The fraction of sp³-hybridized carbons (Fsp3) is 0.750. The Hall–Kier alpha value is 1.02. The summed E-state index contributed by atoms with van der Waals surface area (Å²) in [4.78, 5) is 27.7. The van der Waals surface area contributed by atoms with Crippen LogP contribution in [0.5, 0.6) is 0 Å². The molecule has 5 heteroatoms. The average molecular weight is 162 g/mol. The summed E-state index contributed by atoms with van der Waals surface area (Å²) in [6.07, 6.45) is 0.183. The Labute approximate surface area is 77.3 Å². The summed E-state index contributed by atoms with van der Waals surface area (Å²) >= 11 is 0. The van der Waals surface area contributed by atoms with Gasteiger partial charge in [0.05, 0.1) is 0 Å². The minimum atomic E-state index is -3.39. The number of carbonyl (C=O) groups excluding carboxylic acids is 1. The van der Waals surface area contributed by atoms with Crippen LogP contribution >= 0.6 is 7.72 Å². The van der Waals surface area contributed by atoms with Crippen LogP contribution in [0.15, 0.2) is 0 Å². The van der Waals surface area contributed by atoms with E-state index in [1.165, 1.54) is 6.92 Å². The van der Waals surface area contributed by atoms with E-state index in [-0.39, 0.29) is 35.7 Å². The summed E-state index contributed by atoms with van der Waals surface area (Å²) in [5.74, 6) is 0. The van der Waals surface area contributed by atoms with E-state index in [0.717, 1.165) is 0 Å². The molecule has 0 aromatic rings. The molecule has 0 rings (SSSR count). The van der Waals surface area contributed by atoms with Crippen molar-refractivity contribution in [1.82, 2.24) is 0 Å². The first-order valence-corrected chi connectivity index (χ1v) is 4.56. The van der Waals surface area contributed by atoms with Crippen molar-refractivity contribution >= 4 is 42.8 Å². The first-order valence-electron chi connectivity index (χ1n) is 2.46. The number of carbonyl (C=O) groups is 1. The number of hydrogen-bond donors (Lipinski definition) is 2. The van der Waals surface area contributed by atoms with Gasteiger partial charge >= 0.3 is 77.4 Å². The van der Waals surface area contributed by atoms with E-state index in [1.54, 1.807) is 6.92 Å². The van der Waals surface area contributed by atoms with E-state index in [4.69, 9.17) is 9.79 Å². The maximum atomic E-state index is 10.3. The van der Waals surface area contributed by atoms with E-state index in [2.05, 4.69) is 0 Å². The molecule has 0 bridgehead atoms. The molecule has 0 unspecified atom stereocenters. The molecule has 2 N–H and O–H groups in total. The quantitative estimate of drug-likeness (QED) is 0.424. The molecule has 0 amide bonds. The van der Waals surface area contributed by atoms with Crippen molar-refractivity contribution in [2.45, 2.75) is 13.8 Å². The topological polar surface area (TPSA) is 57.5 Å². The van der Waals surface area contributed by atoms with Crippen LogP contribution in [0.1, 0.15) is 13.8 Å². The van der Waals surface area contributed by atoms with Crippen molar-refractivity contribution in [3.05, 3.63) is 0 Å². The van der Waals surface area contributed by atoms with Crippen LogP contribution in [-0.4, -0.2) is 51.0 Å². The van der Waals surface area contributed by atoms with Crippen LogP contribution in [0.4, 0.5) is 0 Å². The number of hydrogen-bond acceptors (Lipinski definition) is 3. The fourth-order valence-corrected chi connectivity index (χ4v) is 0.747. The molecule has 0 atom stereocenters. The van der Waals surface area contributed by atoms with Gasteiger partial charge in [0.15, 0.2) is 0 Å². The number of rotatable bonds is 2. The molecule has 0 aliphatic rings. The van der Waals surface area contributed by atoms with Gasteiger partial charge in [0, 0.05) is 0 Å². The normalized spacial score (nSPS) is 12.0. The van der Waals surface area contributed by atoms with E-state index in [0.29, 0.717) is 0 Å².